The Morgan fingerprint density at radius 2 is 2.04 bits per heavy atom. The highest BCUT2D eigenvalue weighted by atomic mass is 32.3. The Morgan fingerprint density at radius 3 is 2.73 bits per heavy atom. The molecule has 0 aliphatic rings. The molecule has 26 heavy (non-hydrogen) atoms. The van der Waals surface area contributed by atoms with Gasteiger partial charge in [0.2, 0.25) is 10.1 Å². The lowest BCUT2D eigenvalue weighted by Gasteiger charge is -2.08. The molecule has 0 spiro atoms. The number of halogens is 1. The van der Waals surface area contributed by atoms with E-state index >= 15 is 0 Å². The summed E-state index contributed by atoms with van der Waals surface area (Å²) in [6.07, 6.45) is 4.42. The van der Waals surface area contributed by atoms with E-state index in [1.54, 1.807) is 47.1 Å². The molecular weight excluding hydrogens is 355 g/mol. The lowest BCUT2D eigenvalue weighted by Crippen LogP contribution is -2.30. The molecule has 1 unspecified atom stereocenters. The van der Waals surface area contributed by atoms with Gasteiger partial charge in [-0.1, -0.05) is 12.1 Å². The number of pyridine rings is 1. The molecule has 1 aromatic carbocycles. The summed E-state index contributed by atoms with van der Waals surface area (Å²) in [6, 6.07) is 10.2. The zero-order chi connectivity index (χ0) is 18.9. The van der Waals surface area contributed by atoms with E-state index in [4.69, 9.17) is 0 Å². The van der Waals surface area contributed by atoms with Crippen LogP contribution in [0.5, 0.6) is 0 Å². The van der Waals surface area contributed by atoms with Gasteiger partial charge < -0.3 is 9.72 Å². The third-order valence-electron chi connectivity index (χ3n) is 3.54. The second-order valence-electron chi connectivity index (χ2n) is 6.29. The Morgan fingerprint density at radius 1 is 1.27 bits per heavy atom. The Hall–Kier alpha value is -2.74. The summed E-state index contributed by atoms with van der Waals surface area (Å²) in [5.74, 6) is -0.154. The van der Waals surface area contributed by atoms with Crippen molar-refractivity contribution in [1.29, 1.82) is 0 Å². The van der Waals surface area contributed by atoms with E-state index in [1.807, 2.05) is 19.9 Å². The Balaban J connectivity index is 1.98. The molecule has 3 rings (SSSR count). The van der Waals surface area contributed by atoms with Crippen LogP contribution in [-0.2, 0) is 10.1 Å². The second kappa shape index (κ2) is 6.87. The van der Waals surface area contributed by atoms with Crippen LogP contribution in [0.2, 0.25) is 0 Å². The molecule has 0 fully saturated rings. The first-order chi connectivity index (χ1) is 12.2. The van der Waals surface area contributed by atoms with Crippen molar-refractivity contribution >= 4 is 27.4 Å². The summed E-state index contributed by atoms with van der Waals surface area (Å²) in [6.45, 7) is 3.80. The largest absolute Gasteiger partial charge is 0.350 e. The molecule has 2 heterocycles. The molecule has 0 radical (unpaired) electrons. The number of nitrogens with zero attached hydrogens (tertiary/aromatic N) is 3. The van der Waals surface area contributed by atoms with Crippen LogP contribution in [0.4, 0.5) is 9.57 Å². The fraction of sp³-hybridized carbons (Fsp3) is 0.222. The molecule has 0 saturated carbocycles. The van der Waals surface area contributed by atoms with Crippen LogP contribution in [0, 0.1) is 0 Å². The van der Waals surface area contributed by atoms with Gasteiger partial charge in [-0.15, -0.1) is 3.89 Å². The Kier molecular flexibility index (Phi) is 4.78. The minimum absolute atomic E-state index is 0.0485. The molecule has 1 amide bonds. The molecule has 0 bridgehead atoms. The molecule has 0 aliphatic heterocycles. The molecule has 6 nitrogen and oxygen atoms in total. The maximum atomic E-state index is 13.3. The van der Waals surface area contributed by atoms with Crippen LogP contribution in [0.25, 0.3) is 16.9 Å². The van der Waals surface area contributed by atoms with E-state index in [9.17, 15) is 12.9 Å². The number of imidazole rings is 1. The summed E-state index contributed by atoms with van der Waals surface area (Å²) in [4.78, 5) is 16.6. The van der Waals surface area contributed by atoms with Gasteiger partial charge >= 0.3 is 0 Å². The Labute approximate surface area is 151 Å². The first-order valence-electron chi connectivity index (χ1n) is 8.03. The molecule has 3 aromatic rings. The van der Waals surface area contributed by atoms with Crippen LogP contribution >= 0.6 is 0 Å². The number of fused-ring (bicyclic) bond motifs is 1. The number of carbonyl (C=O) groups is 1. The van der Waals surface area contributed by atoms with Crippen molar-refractivity contribution in [3.05, 3.63) is 54.4 Å². The van der Waals surface area contributed by atoms with Crippen LogP contribution in [0.15, 0.2) is 53.2 Å². The number of benzene rings is 1. The second-order valence-corrected chi connectivity index (χ2v) is 7.89. The predicted octanol–water partition coefficient (Wildman–Crippen LogP) is 3.75. The molecule has 8 heteroatoms. The number of amides is 1. The minimum Gasteiger partial charge on any atom is -0.350 e. The van der Waals surface area contributed by atoms with Crippen LogP contribution in [-0.4, -0.2) is 31.8 Å². The Bertz CT molecular complexity index is 1090. The quantitative estimate of drug-likeness (QED) is 0.707. The zero-order valence-corrected chi connectivity index (χ0v) is 15.5. The highest BCUT2D eigenvalue weighted by molar-refractivity contribution is 7.88. The van der Waals surface area contributed by atoms with Crippen LogP contribution in [0.1, 0.15) is 24.2 Å². The van der Waals surface area contributed by atoms with E-state index in [-0.39, 0.29) is 17.6 Å². The summed E-state index contributed by atoms with van der Waals surface area (Å²) in [5, 5.41) is 2.84. The van der Waals surface area contributed by atoms with E-state index in [2.05, 4.69) is 14.7 Å². The average Bonchev–Trinajstić information content (AvgIpc) is 2.96. The third kappa shape index (κ3) is 4.26. The fourth-order valence-corrected chi connectivity index (χ4v) is 3.01. The highest BCUT2D eigenvalue weighted by Crippen LogP contribution is 2.25. The van der Waals surface area contributed by atoms with E-state index < -0.39 is 10.1 Å². The normalized spacial score (nSPS) is 13.6. The molecule has 2 aromatic heterocycles. The fourth-order valence-electron chi connectivity index (χ4n) is 2.52. The lowest BCUT2D eigenvalue weighted by molar-refractivity contribution is 0.0942. The standard InChI is InChI=1S/C18H19FN4O2S/c1-12(2)20-18(24)14-7-8-17-21-16(11-23(17)10-14)13-5-4-6-15(9-13)22-26(3,19)25/h4-12H,1-3H3,(H,20,24). The van der Waals surface area contributed by atoms with Gasteiger partial charge in [-0.2, -0.15) is 4.36 Å². The van der Waals surface area contributed by atoms with Gasteiger partial charge in [-0.25, -0.2) is 9.19 Å². The monoisotopic (exact) mass is 374 g/mol. The van der Waals surface area contributed by atoms with Gasteiger partial charge in [-0.3, -0.25) is 4.79 Å². The van der Waals surface area contributed by atoms with Crippen molar-refractivity contribution in [1.82, 2.24) is 14.7 Å². The maximum Gasteiger partial charge on any atom is 0.252 e. The third-order valence-corrected chi connectivity index (χ3v) is 4.08. The van der Waals surface area contributed by atoms with Crippen molar-refractivity contribution in [2.75, 3.05) is 6.26 Å². The summed E-state index contributed by atoms with van der Waals surface area (Å²) >= 11 is 0. The number of rotatable bonds is 4. The topological polar surface area (TPSA) is 75.8 Å². The zero-order valence-electron chi connectivity index (χ0n) is 14.6. The van der Waals surface area contributed by atoms with Gasteiger partial charge in [0, 0.05) is 30.3 Å². The van der Waals surface area contributed by atoms with Gasteiger partial charge in [0.05, 0.1) is 16.9 Å². The van der Waals surface area contributed by atoms with Gasteiger partial charge in [-0.05, 0) is 38.1 Å². The summed E-state index contributed by atoms with van der Waals surface area (Å²) < 4.78 is 29.8. The lowest BCUT2D eigenvalue weighted by atomic mass is 10.1. The van der Waals surface area contributed by atoms with Gasteiger partial charge in [0.25, 0.3) is 5.91 Å². The van der Waals surface area contributed by atoms with Crippen LogP contribution in [0.3, 0.4) is 0 Å². The molecule has 1 atom stereocenters. The van der Waals surface area contributed by atoms with Crippen LogP contribution < -0.4 is 5.32 Å². The predicted molar refractivity (Wildman–Crippen MR) is 100 cm³/mol. The first-order valence-corrected chi connectivity index (χ1v) is 9.85. The van der Waals surface area contributed by atoms with Crippen molar-refractivity contribution in [3.63, 3.8) is 0 Å². The summed E-state index contributed by atoms with van der Waals surface area (Å²) in [7, 11) is -3.72. The number of carbonyl (C=O) groups excluding carboxylic acids is 1. The smallest absolute Gasteiger partial charge is 0.252 e. The number of aromatic nitrogens is 2. The van der Waals surface area contributed by atoms with Crippen molar-refractivity contribution < 1.29 is 12.9 Å². The molecule has 1 N–H and O–H groups in total. The number of hydrogen-bond acceptors (Lipinski definition) is 4. The molecular formula is C18H19FN4O2S. The van der Waals surface area contributed by atoms with Gasteiger partial charge in [0.15, 0.2) is 0 Å². The van der Waals surface area contributed by atoms with Crippen molar-refractivity contribution in [2.24, 2.45) is 4.36 Å². The van der Waals surface area contributed by atoms with Gasteiger partial charge in [0.1, 0.15) is 5.65 Å². The SMILES string of the molecule is CC(C)NC(=O)c1ccc2nc(-c3cccc(N=S(C)(=O)F)c3)cn2c1. The van der Waals surface area contributed by atoms with E-state index in [0.29, 0.717) is 22.5 Å². The minimum atomic E-state index is -3.72. The number of hydrogen-bond donors (Lipinski definition) is 1. The van der Waals surface area contributed by atoms with E-state index in [0.717, 1.165) is 6.26 Å². The molecule has 0 saturated heterocycles. The van der Waals surface area contributed by atoms with Crippen molar-refractivity contribution in [3.8, 4) is 11.3 Å². The number of nitrogens with one attached hydrogen (secondary N) is 1. The molecule has 136 valence electrons. The van der Waals surface area contributed by atoms with E-state index in [1.165, 1.54) is 0 Å². The average molecular weight is 374 g/mol. The van der Waals surface area contributed by atoms with Crippen molar-refractivity contribution in [2.45, 2.75) is 19.9 Å². The maximum absolute atomic E-state index is 13.3. The molecule has 0 aliphatic carbocycles. The first kappa shape index (κ1) is 18.1. The highest BCUT2D eigenvalue weighted by Gasteiger charge is 2.10. The summed E-state index contributed by atoms with van der Waals surface area (Å²) in [5.41, 5.74) is 2.85.